The molecule has 4 rings (SSSR count). The number of esters is 1. The first-order valence-electron chi connectivity index (χ1n) is 12.6. The minimum absolute atomic E-state index is 0.116. The Bertz CT molecular complexity index is 994. The first-order chi connectivity index (χ1) is 17.0. The van der Waals surface area contributed by atoms with E-state index >= 15 is 0 Å². The molecule has 2 aromatic rings. The van der Waals surface area contributed by atoms with Crippen LogP contribution >= 0.6 is 0 Å². The Labute approximate surface area is 207 Å². The van der Waals surface area contributed by atoms with Gasteiger partial charge in [-0.3, -0.25) is 4.90 Å². The number of benzene rings is 2. The fourth-order valence-corrected chi connectivity index (χ4v) is 5.40. The molecule has 1 saturated carbocycles. The third-order valence-electron chi connectivity index (χ3n) is 7.21. The monoisotopic (exact) mass is 481 g/mol. The first kappa shape index (κ1) is 25.0. The summed E-state index contributed by atoms with van der Waals surface area (Å²) in [7, 11) is 0. The Hall–Kier alpha value is -3.06. The number of rotatable bonds is 9. The molecule has 1 aliphatic heterocycles. The van der Waals surface area contributed by atoms with E-state index in [1.54, 1.807) is 6.92 Å². The van der Waals surface area contributed by atoms with E-state index < -0.39 is 23.7 Å². The molecule has 4 atom stereocenters. The van der Waals surface area contributed by atoms with E-state index in [2.05, 4.69) is 6.92 Å². The number of nitrogens with zero attached hydrogens (tertiary/aromatic N) is 1. The van der Waals surface area contributed by atoms with Crippen molar-refractivity contribution in [2.24, 2.45) is 11.8 Å². The summed E-state index contributed by atoms with van der Waals surface area (Å²) < 4.78 is 16.6. The van der Waals surface area contributed by atoms with Crippen molar-refractivity contribution in [1.29, 1.82) is 0 Å². The average molecular weight is 482 g/mol. The van der Waals surface area contributed by atoms with Gasteiger partial charge in [-0.05, 0) is 55.4 Å². The molecule has 0 bridgehead atoms. The van der Waals surface area contributed by atoms with Crippen LogP contribution in [0.1, 0.15) is 50.7 Å². The normalized spacial score (nSPS) is 25.2. The SMILES string of the molecule is CCCCOc1ccc(C2(O)CC[C@@H]3[C@@H](C(=O)OCC)N(C(=O)OCc4ccccc4)C[C@@H]32)cc1. The summed E-state index contributed by atoms with van der Waals surface area (Å²) >= 11 is 0. The molecular formula is C28H35NO6. The Morgan fingerprint density at radius 3 is 2.49 bits per heavy atom. The van der Waals surface area contributed by atoms with Gasteiger partial charge in [0.15, 0.2) is 0 Å². The quantitative estimate of drug-likeness (QED) is 0.414. The Kier molecular flexibility index (Phi) is 7.96. The molecule has 0 spiro atoms. The number of aliphatic hydroxyl groups is 1. The molecule has 188 valence electrons. The van der Waals surface area contributed by atoms with Gasteiger partial charge in [0.05, 0.1) is 18.8 Å². The minimum atomic E-state index is -1.15. The van der Waals surface area contributed by atoms with Gasteiger partial charge >= 0.3 is 12.1 Å². The number of amides is 1. The zero-order chi connectivity index (χ0) is 24.8. The second kappa shape index (κ2) is 11.1. The maximum Gasteiger partial charge on any atom is 0.410 e. The summed E-state index contributed by atoms with van der Waals surface area (Å²) in [5.41, 5.74) is 0.492. The summed E-state index contributed by atoms with van der Waals surface area (Å²) in [5.74, 6) is -0.181. The van der Waals surface area contributed by atoms with Crippen LogP contribution in [0.25, 0.3) is 0 Å². The Balaban J connectivity index is 1.51. The van der Waals surface area contributed by atoms with Crippen molar-refractivity contribution in [3.8, 4) is 5.75 Å². The number of hydrogen-bond acceptors (Lipinski definition) is 6. The molecule has 0 radical (unpaired) electrons. The number of carbonyl (C=O) groups excluding carboxylic acids is 2. The van der Waals surface area contributed by atoms with Crippen molar-refractivity contribution >= 4 is 12.1 Å². The largest absolute Gasteiger partial charge is 0.494 e. The molecular weight excluding hydrogens is 446 g/mol. The van der Waals surface area contributed by atoms with Crippen molar-refractivity contribution in [3.63, 3.8) is 0 Å². The first-order valence-corrected chi connectivity index (χ1v) is 12.6. The molecule has 1 saturated heterocycles. The van der Waals surface area contributed by atoms with Crippen LogP contribution < -0.4 is 4.74 Å². The second-order valence-corrected chi connectivity index (χ2v) is 9.35. The number of carbonyl (C=O) groups is 2. The van der Waals surface area contributed by atoms with Gasteiger partial charge in [0.2, 0.25) is 0 Å². The van der Waals surface area contributed by atoms with Crippen LogP contribution in [0, 0.1) is 11.8 Å². The lowest BCUT2D eigenvalue weighted by Gasteiger charge is -2.30. The molecule has 1 unspecified atom stereocenters. The van der Waals surface area contributed by atoms with E-state index in [9.17, 15) is 14.7 Å². The van der Waals surface area contributed by atoms with E-state index in [0.29, 0.717) is 19.4 Å². The molecule has 7 nitrogen and oxygen atoms in total. The molecule has 2 aromatic carbocycles. The highest BCUT2D eigenvalue weighted by atomic mass is 16.6. The fourth-order valence-electron chi connectivity index (χ4n) is 5.40. The molecule has 1 heterocycles. The third-order valence-corrected chi connectivity index (χ3v) is 7.21. The second-order valence-electron chi connectivity index (χ2n) is 9.35. The van der Waals surface area contributed by atoms with Crippen molar-refractivity contribution in [1.82, 2.24) is 4.90 Å². The highest BCUT2D eigenvalue weighted by molar-refractivity contribution is 5.83. The molecule has 2 aliphatic rings. The number of unbranched alkanes of at least 4 members (excludes halogenated alkanes) is 1. The van der Waals surface area contributed by atoms with Gasteiger partial charge in [0.25, 0.3) is 0 Å². The van der Waals surface area contributed by atoms with E-state index in [1.165, 1.54) is 4.90 Å². The van der Waals surface area contributed by atoms with Gasteiger partial charge in [0, 0.05) is 12.5 Å². The molecule has 7 heteroatoms. The maximum atomic E-state index is 13.1. The molecule has 1 amide bonds. The van der Waals surface area contributed by atoms with Crippen LogP contribution in [-0.4, -0.2) is 47.9 Å². The zero-order valence-electron chi connectivity index (χ0n) is 20.5. The average Bonchev–Trinajstić information content (AvgIpc) is 3.42. The van der Waals surface area contributed by atoms with E-state index in [-0.39, 0.29) is 31.6 Å². The van der Waals surface area contributed by atoms with Crippen LogP contribution in [0.4, 0.5) is 4.79 Å². The van der Waals surface area contributed by atoms with Gasteiger partial charge in [-0.25, -0.2) is 9.59 Å². The van der Waals surface area contributed by atoms with Crippen LogP contribution in [0.5, 0.6) is 5.75 Å². The van der Waals surface area contributed by atoms with Crippen molar-refractivity contribution in [3.05, 3.63) is 65.7 Å². The number of fused-ring (bicyclic) bond motifs is 1. The molecule has 35 heavy (non-hydrogen) atoms. The van der Waals surface area contributed by atoms with E-state index in [0.717, 1.165) is 29.7 Å². The van der Waals surface area contributed by atoms with Gasteiger partial charge in [0.1, 0.15) is 18.4 Å². The molecule has 1 N–H and O–H groups in total. The van der Waals surface area contributed by atoms with Gasteiger partial charge < -0.3 is 19.3 Å². The summed E-state index contributed by atoms with van der Waals surface area (Å²) in [5, 5.41) is 11.8. The van der Waals surface area contributed by atoms with Crippen LogP contribution in [0.2, 0.25) is 0 Å². The van der Waals surface area contributed by atoms with Gasteiger partial charge in [-0.2, -0.15) is 0 Å². The van der Waals surface area contributed by atoms with Crippen molar-refractivity contribution in [2.45, 2.75) is 57.8 Å². The highest BCUT2D eigenvalue weighted by Gasteiger charge is 2.60. The summed E-state index contributed by atoms with van der Waals surface area (Å²) in [6.07, 6.45) is 2.61. The molecule has 2 fully saturated rings. The fraction of sp³-hybridized carbons (Fsp3) is 0.500. The smallest absolute Gasteiger partial charge is 0.410 e. The zero-order valence-corrected chi connectivity index (χ0v) is 20.5. The summed E-state index contributed by atoms with van der Waals surface area (Å²) in [6.45, 7) is 5.09. The summed E-state index contributed by atoms with van der Waals surface area (Å²) in [4.78, 5) is 27.5. The number of hydrogen-bond donors (Lipinski definition) is 1. The van der Waals surface area contributed by atoms with Crippen LogP contribution in [0.3, 0.4) is 0 Å². The predicted molar refractivity (Wildman–Crippen MR) is 131 cm³/mol. The highest BCUT2D eigenvalue weighted by Crippen LogP contribution is 2.53. The lowest BCUT2D eigenvalue weighted by molar-refractivity contribution is -0.149. The van der Waals surface area contributed by atoms with Crippen LogP contribution in [-0.2, 0) is 26.5 Å². The predicted octanol–water partition coefficient (Wildman–Crippen LogP) is 4.66. The summed E-state index contributed by atoms with van der Waals surface area (Å²) in [6, 6.07) is 16.2. The Morgan fingerprint density at radius 1 is 1.06 bits per heavy atom. The number of likely N-dealkylation sites (tertiary alicyclic amines) is 1. The van der Waals surface area contributed by atoms with E-state index in [4.69, 9.17) is 14.2 Å². The van der Waals surface area contributed by atoms with Crippen LogP contribution in [0.15, 0.2) is 54.6 Å². The standard InChI is InChI=1S/C28H35NO6/c1-3-5-17-34-22-13-11-21(12-14-22)28(32)16-15-23-24(28)18-29(25(23)26(30)33-4-2)27(31)35-19-20-9-7-6-8-10-20/h6-14,23-25,32H,3-5,15-19H2,1-2H3/t23-,24-,25-,28?/m0/s1. The lowest BCUT2D eigenvalue weighted by atomic mass is 9.81. The third kappa shape index (κ3) is 5.30. The molecule has 0 aromatic heterocycles. The molecule has 1 aliphatic carbocycles. The Morgan fingerprint density at radius 2 is 1.80 bits per heavy atom. The van der Waals surface area contributed by atoms with Gasteiger partial charge in [-0.1, -0.05) is 55.8 Å². The van der Waals surface area contributed by atoms with Crippen molar-refractivity contribution < 1.29 is 28.9 Å². The van der Waals surface area contributed by atoms with Crippen molar-refractivity contribution in [2.75, 3.05) is 19.8 Å². The maximum absolute atomic E-state index is 13.1. The van der Waals surface area contributed by atoms with E-state index in [1.807, 2.05) is 54.6 Å². The number of ether oxygens (including phenoxy) is 3. The topological polar surface area (TPSA) is 85.3 Å². The minimum Gasteiger partial charge on any atom is -0.494 e. The van der Waals surface area contributed by atoms with Gasteiger partial charge in [-0.15, -0.1) is 0 Å². The lowest BCUT2D eigenvalue weighted by Crippen LogP contribution is -2.44.